The number of imidazole rings is 1. The number of aromatic nitrogens is 3. The van der Waals surface area contributed by atoms with E-state index >= 15 is 0 Å². The Morgan fingerprint density at radius 1 is 1.00 bits per heavy atom. The first-order chi connectivity index (χ1) is 15.6. The maximum absolute atomic E-state index is 6.32. The first kappa shape index (κ1) is 22.1. The Morgan fingerprint density at radius 2 is 1.81 bits per heavy atom. The van der Waals surface area contributed by atoms with E-state index < -0.39 is 0 Å². The molecule has 2 aromatic heterocycles. The molecule has 0 fully saturated rings. The molecule has 5 nitrogen and oxygen atoms in total. The van der Waals surface area contributed by atoms with Crippen LogP contribution in [-0.4, -0.2) is 27.7 Å². The molecular weight excluding hydrogens is 466 g/mol. The second-order valence-electron chi connectivity index (χ2n) is 7.40. The van der Waals surface area contributed by atoms with E-state index in [1.165, 1.54) is 0 Å². The molecular formula is C26H26BrN3O2. The van der Waals surface area contributed by atoms with Crippen molar-refractivity contribution in [3.63, 3.8) is 0 Å². The predicted molar refractivity (Wildman–Crippen MR) is 133 cm³/mol. The molecule has 0 aliphatic heterocycles. The van der Waals surface area contributed by atoms with Gasteiger partial charge in [-0.1, -0.05) is 38.1 Å². The van der Waals surface area contributed by atoms with E-state index in [4.69, 9.17) is 14.5 Å². The van der Waals surface area contributed by atoms with E-state index in [1.54, 1.807) is 13.3 Å². The number of para-hydroxylation sites is 3. The molecule has 0 aliphatic rings. The summed E-state index contributed by atoms with van der Waals surface area (Å²) in [4.78, 5) is 9.43. The zero-order valence-electron chi connectivity index (χ0n) is 18.5. The molecule has 0 bridgehead atoms. The number of nitrogens with zero attached hydrogens (tertiary/aromatic N) is 3. The predicted octanol–water partition coefficient (Wildman–Crippen LogP) is 6.93. The van der Waals surface area contributed by atoms with Gasteiger partial charge >= 0.3 is 0 Å². The Morgan fingerprint density at radius 3 is 2.53 bits per heavy atom. The van der Waals surface area contributed by atoms with Crippen molar-refractivity contribution in [3.8, 4) is 17.3 Å². The van der Waals surface area contributed by atoms with Gasteiger partial charge in [0, 0.05) is 16.2 Å². The van der Waals surface area contributed by atoms with Gasteiger partial charge in [0.2, 0.25) is 0 Å². The van der Waals surface area contributed by atoms with Crippen molar-refractivity contribution in [3.05, 3.63) is 76.7 Å². The zero-order valence-corrected chi connectivity index (χ0v) is 20.0. The molecule has 0 N–H and O–H groups in total. The monoisotopic (exact) mass is 491 g/mol. The minimum Gasteiger partial charge on any atom is -0.493 e. The average Bonchev–Trinajstić information content (AvgIpc) is 3.20. The van der Waals surface area contributed by atoms with Gasteiger partial charge in [-0.2, -0.15) is 0 Å². The van der Waals surface area contributed by atoms with Gasteiger partial charge in [-0.3, -0.25) is 4.57 Å². The number of ether oxygens (including phenoxy) is 2. The van der Waals surface area contributed by atoms with Crippen LogP contribution in [0.25, 0.3) is 29.0 Å². The smallest absolute Gasteiger partial charge is 0.168 e. The van der Waals surface area contributed by atoms with Gasteiger partial charge in [-0.25, -0.2) is 9.97 Å². The Balaban J connectivity index is 1.80. The van der Waals surface area contributed by atoms with Crippen molar-refractivity contribution in [1.29, 1.82) is 0 Å². The van der Waals surface area contributed by atoms with Crippen molar-refractivity contribution in [2.75, 3.05) is 7.11 Å². The molecule has 0 saturated heterocycles. The fraction of sp³-hybridized carbons (Fsp3) is 0.231. The molecule has 0 unspecified atom stereocenters. The number of methoxy groups -OCH3 is 1. The molecule has 2 heterocycles. The highest BCUT2D eigenvalue weighted by Crippen LogP contribution is 2.34. The van der Waals surface area contributed by atoms with Gasteiger partial charge in [-0.15, -0.1) is 0 Å². The van der Waals surface area contributed by atoms with Crippen LogP contribution in [0.1, 0.15) is 38.1 Å². The summed E-state index contributed by atoms with van der Waals surface area (Å²) in [7, 11) is 1.67. The van der Waals surface area contributed by atoms with Gasteiger partial charge in [0.25, 0.3) is 0 Å². The molecule has 0 amide bonds. The molecule has 0 spiro atoms. The third kappa shape index (κ3) is 4.55. The lowest BCUT2D eigenvalue weighted by molar-refractivity contribution is 0.184. The second-order valence-corrected chi connectivity index (χ2v) is 8.31. The largest absolute Gasteiger partial charge is 0.493 e. The minimum absolute atomic E-state index is 0.134. The maximum atomic E-state index is 6.32. The molecule has 32 heavy (non-hydrogen) atoms. The summed E-state index contributed by atoms with van der Waals surface area (Å²) in [5.41, 5.74) is 2.86. The first-order valence-electron chi connectivity index (χ1n) is 10.8. The van der Waals surface area contributed by atoms with E-state index in [-0.39, 0.29) is 6.10 Å². The van der Waals surface area contributed by atoms with Crippen LogP contribution >= 0.6 is 15.9 Å². The van der Waals surface area contributed by atoms with Crippen LogP contribution in [0.2, 0.25) is 0 Å². The summed E-state index contributed by atoms with van der Waals surface area (Å²) >= 11 is 3.46. The standard InChI is InChI=1S/C26H26BrN3O2/c1-4-20(5-2)32-26-18(9-8-12-23(26)31-3)13-15-25-29-21-10-6-7-11-22(21)30(25)24-16-14-19(27)17-28-24/h6-17,20H,4-5H2,1-3H3/b15-13+. The van der Waals surface area contributed by atoms with E-state index in [9.17, 15) is 0 Å². The lowest BCUT2D eigenvalue weighted by Gasteiger charge is -2.19. The topological polar surface area (TPSA) is 49.2 Å². The number of halogens is 1. The number of hydrogen-bond acceptors (Lipinski definition) is 4. The summed E-state index contributed by atoms with van der Waals surface area (Å²) < 4.78 is 14.9. The molecule has 0 aliphatic carbocycles. The van der Waals surface area contributed by atoms with Crippen LogP contribution in [0.5, 0.6) is 11.5 Å². The summed E-state index contributed by atoms with van der Waals surface area (Å²) in [6.45, 7) is 4.26. The number of fused-ring (bicyclic) bond motifs is 1. The molecule has 164 valence electrons. The lowest BCUT2D eigenvalue weighted by atomic mass is 10.1. The highest BCUT2D eigenvalue weighted by atomic mass is 79.9. The van der Waals surface area contributed by atoms with Crippen LogP contribution in [0, 0.1) is 0 Å². The Kier molecular flexibility index (Phi) is 6.90. The summed E-state index contributed by atoms with van der Waals surface area (Å²) in [6, 6.07) is 17.9. The van der Waals surface area contributed by atoms with Crippen molar-refractivity contribution in [2.24, 2.45) is 0 Å². The number of pyridine rings is 1. The highest BCUT2D eigenvalue weighted by Gasteiger charge is 2.15. The van der Waals surface area contributed by atoms with Crippen LogP contribution in [0.3, 0.4) is 0 Å². The lowest BCUT2D eigenvalue weighted by Crippen LogP contribution is -2.14. The fourth-order valence-electron chi connectivity index (χ4n) is 3.63. The molecule has 2 aromatic carbocycles. The van der Waals surface area contributed by atoms with Crippen LogP contribution in [0.15, 0.2) is 65.3 Å². The van der Waals surface area contributed by atoms with Crippen molar-refractivity contribution < 1.29 is 9.47 Å². The van der Waals surface area contributed by atoms with Gasteiger partial charge in [0.05, 0.1) is 24.2 Å². The van der Waals surface area contributed by atoms with Crippen molar-refractivity contribution in [2.45, 2.75) is 32.8 Å². The molecule has 0 radical (unpaired) electrons. The highest BCUT2D eigenvalue weighted by molar-refractivity contribution is 9.10. The average molecular weight is 492 g/mol. The van der Waals surface area contributed by atoms with Gasteiger partial charge in [0.15, 0.2) is 11.5 Å². The number of benzene rings is 2. The summed E-state index contributed by atoms with van der Waals surface area (Å²) in [5, 5.41) is 0. The van der Waals surface area contributed by atoms with Crippen molar-refractivity contribution >= 4 is 39.1 Å². The van der Waals surface area contributed by atoms with Crippen LogP contribution in [0.4, 0.5) is 0 Å². The number of hydrogen-bond donors (Lipinski definition) is 0. The Bertz CT molecular complexity index is 1230. The first-order valence-corrected chi connectivity index (χ1v) is 11.5. The Labute approximate surface area is 196 Å². The summed E-state index contributed by atoms with van der Waals surface area (Å²) in [6.07, 6.45) is 7.82. The normalized spacial score (nSPS) is 11.5. The third-order valence-electron chi connectivity index (χ3n) is 5.36. The van der Waals surface area contributed by atoms with Crippen molar-refractivity contribution in [1.82, 2.24) is 14.5 Å². The second kappa shape index (κ2) is 10.0. The van der Waals surface area contributed by atoms with E-state index in [2.05, 4.69) is 45.4 Å². The molecule has 4 aromatic rings. The Hall–Kier alpha value is -3.12. The fourth-order valence-corrected chi connectivity index (χ4v) is 3.87. The zero-order chi connectivity index (χ0) is 22.5. The number of rotatable bonds is 8. The van der Waals surface area contributed by atoms with Crippen LogP contribution < -0.4 is 9.47 Å². The molecule has 0 atom stereocenters. The SMILES string of the molecule is CCC(CC)Oc1c(/C=C/c2nc3ccccc3n2-c2ccc(Br)cn2)cccc1OC. The molecule has 6 heteroatoms. The van der Waals surface area contributed by atoms with E-state index in [0.717, 1.165) is 57.1 Å². The minimum atomic E-state index is 0.134. The third-order valence-corrected chi connectivity index (χ3v) is 5.83. The van der Waals surface area contributed by atoms with E-state index in [1.807, 2.05) is 60.7 Å². The molecule has 0 saturated carbocycles. The summed E-state index contributed by atoms with van der Waals surface area (Å²) in [5.74, 6) is 3.07. The van der Waals surface area contributed by atoms with Gasteiger partial charge in [-0.05, 0) is 71.3 Å². The maximum Gasteiger partial charge on any atom is 0.168 e. The molecule has 4 rings (SSSR count). The van der Waals surface area contributed by atoms with E-state index in [0.29, 0.717) is 0 Å². The quantitative estimate of drug-likeness (QED) is 0.268. The van der Waals surface area contributed by atoms with Crippen LogP contribution in [-0.2, 0) is 0 Å². The van der Waals surface area contributed by atoms with Gasteiger partial charge < -0.3 is 9.47 Å². The van der Waals surface area contributed by atoms with Gasteiger partial charge in [0.1, 0.15) is 11.6 Å².